The Hall–Kier alpha value is -2.12. The molecule has 0 fully saturated rings. The van der Waals surface area contributed by atoms with Crippen LogP contribution in [0.4, 0.5) is 0 Å². The summed E-state index contributed by atoms with van der Waals surface area (Å²) in [5.41, 5.74) is 0.331. The van der Waals surface area contributed by atoms with E-state index < -0.39 is 10.0 Å². The summed E-state index contributed by atoms with van der Waals surface area (Å²) >= 11 is 0. The molecule has 1 amide bonds. The van der Waals surface area contributed by atoms with Crippen LogP contribution >= 0.6 is 0 Å². The van der Waals surface area contributed by atoms with Gasteiger partial charge in [-0.15, -0.1) is 0 Å². The molecular weight excluding hydrogens is 328 g/mol. The van der Waals surface area contributed by atoms with Gasteiger partial charge in [0.1, 0.15) is 5.76 Å². The monoisotopic (exact) mass is 350 g/mol. The van der Waals surface area contributed by atoms with Gasteiger partial charge in [0.25, 0.3) is 5.91 Å². The van der Waals surface area contributed by atoms with Crippen molar-refractivity contribution in [1.82, 2.24) is 9.21 Å². The van der Waals surface area contributed by atoms with E-state index in [-0.39, 0.29) is 10.8 Å². The number of hydrogen-bond donors (Lipinski definition) is 0. The van der Waals surface area contributed by atoms with Crippen LogP contribution in [0.2, 0.25) is 0 Å². The Labute approximate surface area is 142 Å². The number of carbonyl (C=O) groups excluding carboxylic acids is 1. The second-order valence-electron chi connectivity index (χ2n) is 5.36. The highest BCUT2D eigenvalue weighted by Gasteiger charge is 2.23. The number of benzene rings is 1. The summed E-state index contributed by atoms with van der Waals surface area (Å²) in [6.07, 6.45) is 1.55. The molecule has 1 aromatic heterocycles. The molecule has 2 aromatic rings. The predicted molar refractivity (Wildman–Crippen MR) is 91.1 cm³/mol. The van der Waals surface area contributed by atoms with Gasteiger partial charge in [-0.3, -0.25) is 4.79 Å². The van der Waals surface area contributed by atoms with Crippen molar-refractivity contribution >= 4 is 15.9 Å². The summed E-state index contributed by atoms with van der Waals surface area (Å²) in [6, 6.07) is 9.67. The lowest BCUT2D eigenvalue weighted by Crippen LogP contribution is -2.31. The summed E-state index contributed by atoms with van der Waals surface area (Å²) in [5, 5.41) is 0. The minimum Gasteiger partial charge on any atom is -0.467 e. The van der Waals surface area contributed by atoms with E-state index in [0.717, 1.165) is 0 Å². The highest BCUT2D eigenvalue weighted by Crippen LogP contribution is 2.18. The Morgan fingerprint density at radius 1 is 1.12 bits per heavy atom. The van der Waals surface area contributed by atoms with Gasteiger partial charge in [0.15, 0.2) is 0 Å². The highest BCUT2D eigenvalue weighted by molar-refractivity contribution is 7.89. The van der Waals surface area contributed by atoms with Crippen molar-refractivity contribution in [1.29, 1.82) is 0 Å². The summed E-state index contributed by atoms with van der Waals surface area (Å²) in [7, 11) is -1.94. The normalized spacial score (nSPS) is 11.7. The van der Waals surface area contributed by atoms with Gasteiger partial charge >= 0.3 is 0 Å². The Morgan fingerprint density at radius 2 is 1.83 bits per heavy atom. The molecule has 0 aliphatic carbocycles. The lowest BCUT2D eigenvalue weighted by molar-refractivity contribution is 0.0775. The van der Waals surface area contributed by atoms with Gasteiger partial charge in [0, 0.05) is 25.7 Å². The van der Waals surface area contributed by atoms with E-state index in [0.29, 0.717) is 31.0 Å². The van der Waals surface area contributed by atoms with E-state index in [1.165, 1.54) is 21.3 Å². The maximum Gasteiger partial charge on any atom is 0.254 e. The Bertz CT molecular complexity index is 781. The molecule has 0 saturated heterocycles. The average Bonchev–Trinajstić information content (AvgIpc) is 3.08. The van der Waals surface area contributed by atoms with Crippen LogP contribution in [0.25, 0.3) is 0 Å². The third-order valence-corrected chi connectivity index (χ3v) is 5.79. The zero-order chi connectivity index (χ0) is 17.7. The first-order valence-corrected chi connectivity index (χ1v) is 9.22. The minimum absolute atomic E-state index is 0.128. The largest absolute Gasteiger partial charge is 0.467 e. The smallest absolute Gasteiger partial charge is 0.254 e. The number of amides is 1. The van der Waals surface area contributed by atoms with E-state index >= 15 is 0 Å². The summed E-state index contributed by atoms with van der Waals surface area (Å²) < 4.78 is 31.8. The van der Waals surface area contributed by atoms with E-state index in [9.17, 15) is 13.2 Å². The van der Waals surface area contributed by atoms with Gasteiger partial charge in [-0.25, -0.2) is 8.42 Å². The van der Waals surface area contributed by atoms with Crippen LogP contribution in [0.15, 0.2) is 52.0 Å². The molecule has 0 saturated carbocycles. The number of sulfonamides is 1. The second-order valence-corrected chi connectivity index (χ2v) is 7.30. The lowest BCUT2D eigenvalue weighted by Gasteiger charge is -2.20. The highest BCUT2D eigenvalue weighted by atomic mass is 32.2. The zero-order valence-corrected chi connectivity index (χ0v) is 14.9. The van der Waals surface area contributed by atoms with Crippen molar-refractivity contribution in [3.8, 4) is 0 Å². The molecule has 1 aromatic carbocycles. The fourth-order valence-electron chi connectivity index (χ4n) is 2.43. The minimum atomic E-state index is -3.59. The topological polar surface area (TPSA) is 70.8 Å². The number of rotatable bonds is 7. The Kier molecular flexibility index (Phi) is 5.80. The third kappa shape index (κ3) is 3.85. The van der Waals surface area contributed by atoms with Crippen molar-refractivity contribution in [2.75, 3.05) is 20.1 Å². The van der Waals surface area contributed by atoms with E-state index in [2.05, 4.69) is 0 Å². The molecule has 0 aliphatic rings. The number of nitrogens with zero attached hydrogens (tertiary/aromatic N) is 2. The first-order valence-electron chi connectivity index (χ1n) is 7.78. The van der Waals surface area contributed by atoms with Gasteiger partial charge in [0.05, 0.1) is 17.7 Å². The molecule has 0 bridgehead atoms. The number of carbonyl (C=O) groups is 1. The van der Waals surface area contributed by atoms with Crippen molar-refractivity contribution in [2.45, 2.75) is 25.3 Å². The standard InChI is InChI=1S/C17H22N2O4S/c1-4-19(5-2)24(21,22)16-10-6-8-14(12-16)17(20)18(3)13-15-9-7-11-23-15/h6-12H,4-5,13H2,1-3H3. The van der Waals surface area contributed by atoms with E-state index in [1.54, 1.807) is 51.4 Å². The first kappa shape index (κ1) is 18.2. The average molecular weight is 350 g/mol. The quantitative estimate of drug-likeness (QED) is 0.769. The molecule has 130 valence electrons. The summed E-state index contributed by atoms with van der Waals surface area (Å²) in [5.74, 6) is 0.403. The molecule has 0 unspecified atom stereocenters. The van der Waals surface area contributed by atoms with Crippen LogP contribution in [0.1, 0.15) is 30.0 Å². The predicted octanol–water partition coefficient (Wildman–Crippen LogP) is 2.58. The fraction of sp³-hybridized carbons (Fsp3) is 0.353. The molecule has 0 atom stereocenters. The van der Waals surface area contributed by atoms with E-state index in [4.69, 9.17) is 4.42 Å². The van der Waals surface area contributed by atoms with Crippen LogP contribution in [0.5, 0.6) is 0 Å². The van der Waals surface area contributed by atoms with Crippen molar-refractivity contribution in [3.63, 3.8) is 0 Å². The van der Waals surface area contributed by atoms with Gasteiger partial charge in [-0.2, -0.15) is 4.31 Å². The second kappa shape index (κ2) is 7.63. The van der Waals surface area contributed by atoms with Gasteiger partial charge in [-0.1, -0.05) is 19.9 Å². The maximum absolute atomic E-state index is 12.6. The SMILES string of the molecule is CCN(CC)S(=O)(=O)c1cccc(C(=O)N(C)Cc2ccco2)c1. The van der Waals surface area contributed by atoms with Gasteiger partial charge in [-0.05, 0) is 30.3 Å². The summed E-state index contributed by atoms with van der Waals surface area (Å²) in [4.78, 5) is 14.2. The molecule has 2 rings (SSSR count). The Morgan fingerprint density at radius 3 is 2.42 bits per heavy atom. The maximum atomic E-state index is 12.6. The van der Waals surface area contributed by atoms with Gasteiger partial charge < -0.3 is 9.32 Å². The van der Waals surface area contributed by atoms with Gasteiger partial charge in [0.2, 0.25) is 10.0 Å². The molecule has 0 aliphatic heterocycles. The van der Waals surface area contributed by atoms with Crippen LogP contribution in [-0.4, -0.2) is 43.7 Å². The Balaban J connectivity index is 2.25. The fourth-order valence-corrected chi connectivity index (χ4v) is 3.94. The molecule has 0 N–H and O–H groups in total. The number of hydrogen-bond acceptors (Lipinski definition) is 4. The van der Waals surface area contributed by atoms with Crippen LogP contribution < -0.4 is 0 Å². The molecular formula is C17H22N2O4S. The lowest BCUT2D eigenvalue weighted by atomic mass is 10.2. The van der Waals surface area contributed by atoms with Crippen molar-refractivity contribution in [3.05, 3.63) is 54.0 Å². The van der Waals surface area contributed by atoms with E-state index in [1.807, 2.05) is 0 Å². The molecule has 0 radical (unpaired) electrons. The first-order chi connectivity index (χ1) is 11.4. The molecule has 1 heterocycles. The molecule has 0 spiro atoms. The van der Waals surface area contributed by atoms with Crippen LogP contribution in [-0.2, 0) is 16.6 Å². The summed E-state index contributed by atoms with van der Waals surface area (Å²) in [6.45, 7) is 4.66. The van der Waals surface area contributed by atoms with Crippen LogP contribution in [0, 0.1) is 0 Å². The third-order valence-electron chi connectivity index (χ3n) is 3.74. The van der Waals surface area contributed by atoms with Crippen LogP contribution in [0.3, 0.4) is 0 Å². The van der Waals surface area contributed by atoms with Crippen molar-refractivity contribution in [2.24, 2.45) is 0 Å². The molecule has 7 heteroatoms. The molecule has 6 nitrogen and oxygen atoms in total. The zero-order valence-electron chi connectivity index (χ0n) is 14.1. The number of furan rings is 1. The van der Waals surface area contributed by atoms with Crippen molar-refractivity contribution < 1.29 is 17.6 Å². The molecule has 24 heavy (non-hydrogen) atoms.